The molecule has 1 fully saturated rings. The molecule has 1 amide bonds. The molecule has 0 aliphatic carbocycles. The van der Waals surface area contributed by atoms with E-state index >= 15 is 0 Å². The molecule has 3 nitrogen and oxygen atoms in total. The Kier molecular flexibility index (Phi) is 6.56. The molecule has 2 atom stereocenters. The molecule has 100 valence electrons. The average molecular weight is 240 g/mol. The topological polar surface area (TPSA) is 46.3 Å². The van der Waals surface area contributed by atoms with E-state index in [9.17, 15) is 4.79 Å². The monoisotopic (exact) mass is 240 g/mol. The summed E-state index contributed by atoms with van der Waals surface area (Å²) in [4.78, 5) is 14.4. The Bertz CT molecular complexity index is 224. The van der Waals surface area contributed by atoms with Gasteiger partial charge in [-0.15, -0.1) is 0 Å². The predicted octanol–water partition coefficient (Wildman–Crippen LogP) is 2.54. The van der Waals surface area contributed by atoms with Crippen molar-refractivity contribution in [2.45, 2.75) is 64.8 Å². The first-order valence-corrected chi connectivity index (χ1v) is 7.22. The summed E-state index contributed by atoms with van der Waals surface area (Å²) in [6, 6.07) is 0.497. The van der Waals surface area contributed by atoms with Gasteiger partial charge < -0.3 is 10.6 Å². The molecule has 1 rings (SSSR count). The molecule has 17 heavy (non-hydrogen) atoms. The maximum Gasteiger partial charge on any atom is 0.223 e. The number of carbonyl (C=O) groups is 1. The highest BCUT2D eigenvalue weighted by molar-refractivity contribution is 5.76. The van der Waals surface area contributed by atoms with Gasteiger partial charge in [-0.25, -0.2) is 0 Å². The molecular weight excluding hydrogens is 212 g/mol. The number of nitrogens with two attached hydrogens (primary N) is 1. The average Bonchev–Trinajstić information content (AvgIpc) is 2.36. The van der Waals surface area contributed by atoms with E-state index in [1.165, 1.54) is 25.7 Å². The van der Waals surface area contributed by atoms with E-state index < -0.39 is 0 Å². The number of hydrogen-bond acceptors (Lipinski definition) is 2. The molecule has 3 heteroatoms. The second-order valence-corrected chi connectivity index (χ2v) is 5.24. The van der Waals surface area contributed by atoms with Crippen LogP contribution in [0.4, 0.5) is 0 Å². The maximum absolute atomic E-state index is 12.3. The van der Waals surface area contributed by atoms with E-state index in [2.05, 4.69) is 18.7 Å². The standard InChI is InChI=1S/C14H28N2O/c1-3-7-13-8-5-6-9-16(13)14(17)10-12(4-2)11-15/h12-13H,3-11,15H2,1-2H3. The lowest BCUT2D eigenvalue weighted by Gasteiger charge is -2.36. The van der Waals surface area contributed by atoms with Crippen molar-refractivity contribution in [2.24, 2.45) is 11.7 Å². The lowest BCUT2D eigenvalue weighted by Crippen LogP contribution is -2.44. The van der Waals surface area contributed by atoms with Gasteiger partial charge in [-0.1, -0.05) is 26.7 Å². The summed E-state index contributed by atoms with van der Waals surface area (Å²) >= 11 is 0. The van der Waals surface area contributed by atoms with Crippen LogP contribution in [0.2, 0.25) is 0 Å². The summed E-state index contributed by atoms with van der Waals surface area (Å²) < 4.78 is 0. The molecule has 0 aromatic heterocycles. The van der Waals surface area contributed by atoms with Crippen LogP contribution in [0.15, 0.2) is 0 Å². The normalized spacial score (nSPS) is 22.5. The quantitative estimate of drug-likeness (QED) is 0.775. The molecule has 1 aliphatic heterocycles. The number of amides is 1. The molecule has 0 aromatic carbocycles. The third kappa shape index (κ3) is 4.30. The van der Waals surface area contributed by atoms with Crippen LogP contribution in [0.25, 0.3) is 0 Å². The summed E-state index contributed by atoms with van der Waals surface area (Å²) in [7, 11) is 0. The zero-order valence-electron chi connectivity index (χ0n) is 11.5. The third-order valence-corrected chi connectivity index (χ3v) is 3.94. The Hall–Kier alpha value is -0.570. The highest BCUT2D eigenvalue weighted by Gasteiger charge is 2.26. The highest BCUT2D eigenvalue weighted by atomic mass is 16.2. The predicted molar refractivity (Wildman–Crippen MR) is 71.7 cm³/mol. The van der Waals surface area contributed by atoms with Crippen molar-refractivity contribution in [2.75, 3.05) is 13.1 Å². The third-order valence-electron chi connectivity index (χ3n) is 3.94. The van der Waals surface area contributed by atoms with Gasteiger partial charge >= 0.3 is 0 Å². The van der Waals surface area contributed by atoms with Crippen molar-refractivity contribution in [3.63, 3.8) is 0 Å². The number of likely N-dealkylation sites (tertiary alicyclic amines) is 1. The Balaban J connectivity index is 2.52. The molecule has 0 radical (unpaired) electrons. The molecule has 1 saturated heterocycles. The van der Waals surface area contributed by atoms with E-state index in [1.54, 1.807) is 0 Å². The number of carbonyl (C=O) groups excluding carboxylic acids is 1. The van der Waals surface area contributed by atoms with Gasteiger partial charge in [-0.3, -0.25) is 4.79 Å². The molecule has 2 unspecified atom stereocenters. The van der Waals surface area contributed by atoms with Gasteiger partial charge in [0.05, 0.1) is 0 Å². The van der Waals surface area contributed by atoms with Crippen molar-refractivity contribution in [1.82, 2.24) is 4.90 Å². The Morgan fingerprint density at radius 2 is 2.18 bits per heavy atom. The van der Waals surface area contributed by atoms with Crippen molar-refractivity contribution >= 4 is 5.91 Å². The smallest absolute Gasteiger partial charge is 0.223 e. The van der Waals surface area contributed by atoms with Crippen LogP contribution >= 0.6 is 0 Å². The van der Waals surface area contributed by atoms with Crippen molar-refractivity contribution in [3.05, 3.63) is 0 Å². The zero-order valence-corrected chi connectivity index (χ0v) is 11.5. The van der Waals surface area contributed by atoms with Crippen molar-refractivity contribution in [3.8, 4) is 0 Å². The van der Waals surface area contributed by atoms with Crippen molar-refractivity contribution < 1.29 is 4.79 Å². The number of nitrogens with zero attached hydrogens (tertiary/aromatic N) is 1. The van der Waals surface area contributed by atoms with Crippen LogP contribution < -0.4 is 5.73 Å². The van der Waals surface area contributed by atoms with Crippen LogP contribution in [-0.2, 0) is 4.79 Å². The van der Waals surface area contributed by atoms with Gasteiger partial charge in [0.15, 0.2) is 0 Å². The van der Waals surface area contributed by atoms with E-state index in [0.717, 1.165) is 19.4 Å². The van der Waals surface area contributed by atoms with Gasteiger partial charge in [0.25, 0.3) is 0 Å². The second kappa shape index (κ2) is 7.70. The summed E-state index contributed by atoms with van der Waals surface area (Å²) in [6.45, 7) is 5.91. The van der Waals surface area contributed by atoms with E-state index in [0.29, 0.717) is 30.8 Å². The van der Waals surface area contributed by atoms with Gasteiger partial charge in [-0.05, 0) is 38.1 Å². The summed E-state index contributed by atoms with van der Waals surface area (Å²) in [5.74, 6) is 0.701. The molecule has 0 bridgehead atoms. The van der Waals surface area contributed by atoms with Crippen LogP contribution in [0.5, 0.6) is 0 Å². The van der Waals surface area contributed by atoms with Crippen LogP contribution in [0, 0.1) is 5.92 Å². The molecule has 1 aliphatic rings. The Morgan fingerprint density at radius 3 is 2.76 bits per heavy atom. The van der Waals surface area contributed by atoms with Crippen LogP contribution in [0.3, 0.4) is 0 Å². The van der Waals surface area contributed by atoms with Gasteiger partial charge in [0.2, 0.25) is 5.91 Å². The SMILES string of the molecule is CCCC1CCCCN1C(=O)CC(CC)CN. The minimum Gasteiger partial charge on any atom is -0.340 e. The van der Waals surface area contributed by atoms with Crippen LogP contribution in [-0.4, -0.2) is 29.9 Å². The molecule has 2 N–H and O–H groups in total. The zero-order chi connectivity index (χ0) is 12.7. The number of hydrogen-bond donors (Lipinski definition) is 1. The lowest BCUT2D eigenvalue weighted by molar-refractivity contribution is -0.136. The minimum atomic E-state index is 0.334. The first-order valence-electron chi connectivity index (χ1n) is 7.22. The largest absolute Gasteiger partial charge is 0.340 e. The summed E-state index contributed by atoms with van der Waals surface area (Å²) in [5.41, 5.74) is 5.68. The summed E-state index contributed by atoms with van der Waals surface area (Å²) in [6.07, 6.45) is 7.63. The fourth-order valence-electron chi connectivity index (χ4n) is 2.72. The fourth-order valence-corrected chi connectivity index (χ4v) is 2.72. The highest BCUT2D eigenvalue weighted by Crippen LogP contribution is 2.22. The lowest BCUT2D eigenvalue weighted by atomic mass is 9.95. The summed E-state index contributed by atoms with van der Waals surface area (Å²) in [5, 5.41) is 0. The van der Waals surface area contributed by atoms with Crippen molar-refractivity contribution in [1.29, 1.82) is 0 Å². The number of rotatable bonds is 6. The molecule has 0 spiro atoms. The fraction of sp³-hybridized carbons (Fsp3) is 0.929. The van der Waals surface area contributed by atoms with Gasteiger partial charge in [0.1, 0.15) is 0 Å². The second-order valence-electron chi connectivity index (χ2n) is 5.24. The van der Waals surface area contributed by atoms with Gasteiger partial charge in [0, 0.05) is 19.0 Å². The molecular formula is C14H28N2O. The minimum absolute atomic E-state index is 0.334. The molecule has 0 aromatic rings. The molecule has 1 heterocycles. The number of piperidine rings is 1. The van der Waals surface area contributed by atoms with E-state index in [4.69, 9.17) is 5.73 Å². The van der Waals surface area contributed by atoms with E-state index in [-0.39, 0.29) is 0 Å². The Morgan fingerprint density at radius 1 is 1.41 bits per heavy atom. The van der Waals surface area contributed by atoms with Gasteiger partial charge in [-0.2, -0.15) is 0 Å². The first kappa shape index (κ1) is 14.5. The van der Waals surface area contributed by atoms with E-state index in [1.807, 2.05) is 0 Å². The first-order chi connectivity index (χ1) is 8.22. The van der Waals surface area contributed by atoms with Crippen LogP contribution in [0.1, 0.15) is 58.8 Å². The molecule has 0 saturated carbocycles. The maximum atomic E-state index is 12.3. The Labute approximate surface area is 106 Å².